The number of amides is 1. The molecule has 0 bridgehead atoms. The van der Waals surface area contributed by atoms with Gasteiger partial charge >= 0.3 is 0 Å². The van der Waals surface area contributed by atoms with Crippen LogP contribution in [0.2, 0.25) is 0 Å². The predicted molar refractivity (Wildman–Crippen MR) is 84.9 cm³/mol. The second-order valence-electron chi connectivity index (χ2n) is 4.58. The highest BCUT2D eigenvalue weighted by Gasteiger charge is 2.29. The van der Waals surface area contributed by atoms with Gasteiger partial charge in [0.25, 0.3) is 5.91 Å². The molecule has 1 aliphatic rings. The summed E-state index contributed by atoms with van der Waals surface area (Å²) in [6.07, 6.45) is 0. The molecule has 4 rings (SSSR count). The van der Waals surface area contributed by atoms with E-state index >= 15 is 0 Å². The number of anilines is 2. The average Bonchev–Trinajstić information content (AvgIpc) is 3.09. The molecule has 0 fully saturated rings. The van der Waals surface area contributed by atoms with Crippen molar-refractivity contribution < 1.29 is 4.79 Å². The molecule has 0 unspecified atom stereocenters. The minimum Gasteiger partial charge on any atom is -0.320 e. The van der Waals surface area contributed by atoms with Gasteiger partial charge in [0.05, 0.1) is 32.7 Å². The van der Waals surface area contributed by atoms with Gasteiger partial charge in [0.15, 0.2) is 5.71 Å². The van der Waals surface area contributed by atoms with Gasteiger partial charge in [0.1, 0.15) is 0 Å². The Morgan fingerprint density at radius 2 is 2.00 bits per heavy atom. The first-order valence-corrected chi connectivity index (χ1v) is 7.27. The Kier molecular flexibility index (Phi) is 2.68. The van der Waals surface area contributed by atoms with Crippen molar-refractivity contribution in [2.24, 2.45) is 5.10 Å². The number of carbonyl (C=O) groups is 1. The first-order valence-electron chi connectivity index (χ1n) is 6.39. The standard InChI is InChI=1S/C15H10N4OS/c20-15-13(19-18-9-4-2-1-3-5-9)12-10(17-15)6-7-11-14(12)21-8-16-11/h1-8,18H,(H,17,19,20). The molecule has 0 saturated heterocycles. The maximum absolute atomic E-state index is 12.1. The lowest BCUT2D eigenvalue weighted by Gasteiger charge is -2.01. The molecule has 1 amide bonds. The van der Waals surface area contributed by atoms with Gasteiger partial charge in [0.2, 0.25) is 0 Å². The number of para-hydroxylation sites is 1. The molecule has 0 saturated carbocycles. The topological polar surface area (TPSA) is 66.4 Å². The lowest BCUT2D eigenvalue weighted by molar-refractivity contribution is -0.110. The quantitative estimate of drug-likeness (QED) is 0.714. The number of hydrazone groups is 1. The monoisotopic (exact) mass is 294 g/mol. The third-order valence-electron chi connectivity index (χ3n) is 3.27. The summed E-state index contributed by atoms with van der Waals surface area (Å²) in [6.45, 7) is 0. The number of hydrogen-bond acceptors (Lipinski definition) is 5. The van der Waals surface area contributed by atoms with Gasteiger partial charge in [-0.2, -0.15) is 5.10 Å². The molecule has 0 aliphatic carbocycles. The second kappa shape index (κ2) is 4.68. The van der Waals surface area contributed by atoms with E-state index in [1.54, 1.807) is 5.51 Å². The van der Waals surface area contributed by atoms with Gasteiger partial charge < -0.3 is 5.32 Å². The van der Waals surface area contributed by atoms with Crippen molar-refractivity contribution in [2.45, 2.75) is 0 Å². The molecule has 21 heavy (non-hydrogen) atoms. The summed E-state index contributed by atoms with van der Waals surface area (Å²) < 4.78 is 0.972. The highest BCUT2D eigenvalue weighted by molar-refractivity contribution is 7.17. The van der Waals surface area contributed by atoms with E-state index in [9.17, 15) is 4.79 Å². The van der Waals surface area contributed by atoms with Gasteiger partial charge in [-0.15, -0.1) is 11.3 Å². The number of nitrogens with one attached hydrogen (secondary N) is 2. The van der Waals surface area contributed by atoms with Crippen molar-refractivity contribution in [1.29, 1.82) is 0 Å². The summed E-state index contributed by atoms with van der Waals surface area (Å²) in [4.78, 5) is 16.4. The zero-order valence-electron chi connectivity index (χ0n) is 10.8. The smallest absolute Gasteiger partial charge is 0.276 e. The number of hydrogen-bond donors (Lipinski definition) is 2. The van der Waals surface area contributed by atoms with Gasteiger partial charge in [-0.25, -0.2) is 4.98 Å². The summed E-state index contributed by atoms with van der Waals surface area (Å²) in [5, 5.41) is 7.11. The van der Waals surface area contributed by atoms with E-state index in [1.807, 2.05) is 42.5 Å². The molecule has 2 heterocycles. The van der Waals surface area contributed by atoms with Gasteiger partial charge in [-0.05, 0) is 24.3 Å². The fourth-order valence-electron chi connectivity index (χ4n) is 2.30. The Hall–Kier alpha value is -2.73. The van der Waals surface area contributed by atoms with E-state index in [4.69, 9.17) is 0 Å². The third kappa shape index (κ3) is 1.96. The van der Waals surface area contributed by atoms with Crippen LogP contribution in [0.1, 0.15) is 5.56 Å². The van der Waals surface area contributed by atoms with Crippen molar-refractivity contribution >= 4 is 44.5 Å². The van der Waals surface area contributed by atoms with Crippen LogP contribution in [-0.4, -0.2) is 16.6 Å². The Bertz CT molecular complexity index is 870. The Labute approximate surface area is 124 Å². The van der Waals surface area contributed by atoms with Crippen LogP contribution in [0.5, 0.6) is 0 Å². The maximum Gasteiger partial charge on any atom is 0.276 e. The van der Waals surface area contributed by atoms with E-state index in [0.29, 0.717) is 5.71 Å². The van der Waals surface area contributed by atoms with Crippen LogP contribution >= 0.6 is 11.3 Å². The fourth-order valence-corrected chi connectivity index (χ4v) is 3.14. The summed E-state index contributed by atoms with van der Waals surface area (Å²) in [7, 11) is 0. The van der Waals surface area contributed by atoms with Crippen molar-refractivity contribution in [3.05, 3.63) is 53.5 Å². The van der Waals surface area contributed by atoms with Crippen LogP contribution in [0.3, 0.4) is 0 Å². The minimum absolute atomic E-state index is 0.200. The van der Waals surface area contributed by atoms with Crippen LogP contribution in [0.25, 0.3) is 10.2 Å². The van der Waals surface area contributed by atoms with Crippen LogP contribution in [-0.2, 0) is 4.79 Å². The zero-order chi connectivity index (χ0) is 14.2. The number of nitrogens with zero attached hydrogens (tertiary/aromatic N) is 2. The molecular formula is C15H10N4OS. The van der Waals surface area contributed by atoms with E-state index in [2.05, 4.69) is 20.8 Å². The van der Waals surface area contributed by atoms with E-state index in [1.165, 1.54) is 11.3 Å². The zero-order valence-corrected chi connectivity index (χ0v) is 11.6. The van der Waals surface area contributed by atoms with Crippen molar-refractivity contribution in [3.8, 4) is 0 Å². The number of carbonyl (C=O) groups excluding carboxylic acids is 1. The molecule has 0 spiro atoms. The summed E-state index contributed by atoms with van der Waals surface area (Å²) in [5.74, 6) is -0.200. The van der Waals surface area contributed by atoms with Crippen molar-refractivity contribution in [1.82, 2.24) is 4.98 Å². The Balaban J connectivity index is 1.80. The minimum atomic E-state index is -0.200. The molecule has 2 N–H and O–H groups in total. The number of rotatable bonds is 2. The van der Waals surface area contributed by atoms with E-state index in [0.717, 1.165) is 27.2 Å². The molecule has 2 aromatic carbocycles. The summed E-state index contributed by atoms with van der Waals surface area (Å²) >= 11 is 1.51. The summed E-state index contributed by atoms with van der Waals surface area (Å²) in [5.41, 5.74) is 8.41. The van der Waals surface area contributed by atoms with Crippen LogP contribution in [0.4, 0.5) is 11.4 Å². The Morgan fingerprint density at radius 1 is 1.14 bits per heavy atom. The van der Waals surface area contributed by atoms with Crippen LogP contribution in [0, 0.1) is 0 Å². The molecule has 6 heteroatoms. The number of thiazole rings is 1. The SMILES string of the molecule is O=C1Nc2ccc3ncsc3c2/C1=N\Nc1ccccc1. The molecule has 5 nitrogen and oxygen atoms in total. The van der Waals surface area contributed by atoms with Crippen molar-refractivity contribution in [3.63, 3.8) is 0 Å². The molecule has 1 aromatic heterocycles. The number of benzene rings is 2. The van der Waals surface area contributed by atoms with Crippen LogP contribution < -0.4 is 10.7 Å². The largest absolute Gasteiger partial charge is 0.320 e. The first kappa shape index (κ1) is 12.0. The van der Waals surface area contributed by atoms with E-state index in [-0.39, 0.29) is 5.91 Å². The predicted octanol–water partition coefficient (Wildman–Crippen LogP) is 3.06. The average molecular weight is 294 g/mol. The molecule has 0 radical (unpaired) electrons. The van der Waals surface area contributed by atoms with Gasteiger partial charge in [-0.1, -0.05) is 18.2 Å². The van der Waals surface area contributed by atoms with Gasteiger partial charge in [0, 0.05) is 0 Å². The lowest BCUT2D eigenvalue weighted by atomic mass is 10.1. The molecule has 0 atom stereocenters. The summed E-state index contributed by atoms with van der Waals surface area (Å²) in [6, 6.07) is 13.3. The Morgan fingerprint density at radius 3 is 2.86 bits per heavy atom. The molecular weight excluding hydrogens is 284 g/mol. The molecule has 1 aliphatic heterocycles. The highest BCUT2D eigenvalue weighted by Crippen LogP contribution is 2.33. The normalized spacial score (nSPS) is 15.2. The third-order valence-corrected chi connectivity index (χ3v) is 4.13. The van der Waals surface area contributed by atoms with E-state index < -0.39 is 0 Å². The lowest BCUT2D eigenvalue weighted by Crippen LogP contribution is -2.15. The van der Waals surface area contributed by atoms with Crippen molar-refractivity contribution in [2.75, 3.05) is 10.7 Å². The van der Waals surface area contributed by atoms with Gasteiger partial charge in [-0.3, -0.25) is 10.2 Å². The maximum atomic E-state index is 12.1. The highest BCUT2D eigenvalue weighted by atomic mass is 32.1. The number of aromatic nitrogens is 1. The molecule has 3 aromatic rings. The number of fused-ring (bicyclic) bond motifs is 3. The second-order valence-corrected chi connectivity index (χ2v) is 5.44. The van der Waals surface area contributed by atoms with Crippen LogP contribution in [0.15, 0.2) is 53.1 Å². The first-order chi connectivity index (χ1) is 10.3. The fraction of sp³-hybridized carbons (Fsp3) is 0. The molecule has 102 valence electrons.